The molecular formula is C13H14ClNO. The molecule has 1 fully saturated rings. The van der Waals surface area contributed by atoms with Crippen molar-refractivity contribution in [3.8, 4) is 6.07 Å². The first-order valence-corrected chi connectivity index (χ1v) is 5.81. The van der Waals surface area contributed by atoms with Gasteiger partial charge in [-0.2, -0.15) is 5.26 Å². The van der Waals surface area contributed by atoms with E-state index < -0.39 is 0 Å². The summed E-state index contributed by atoms with van der Waals surface area (Å²) in [5.74, 6) is 0. The molecule has 0 atom stereocenters. The van der Waals surface area contributed by atoms with Crippen LogP contribution in [-0.4, -0.2) is 6.61 Å². The standard InChI is InChI=1S/C13H14ClNO/c14-12-3-1-11(2-4-12)9-16-10-13(5-6-13)7-8-15/h1-4H,5-7,9-10H2. The van der Waals surface area contributed by atoms with Crippen LogP contribution in [0.5, 0.6) is 0 Å². The normalized spacial score (nSPS) is 16.8. The Hall–Kier alpha value is -1.04. The molecule has 0 heterocycles. The minimum atomic E-state index is 0.168. The predicted molar refractivity (Wildman–Crippen MR) is 63.0 cm³/mol. The first kappa shape index (κ1) is 11.4. The second-order valence-corrected chi connectivity index (χ2v) is 4.89. The fraction of sp³-hybridized carbons (Fsp3) is 0.462. The second-order valence-electron chi connectivity index (χ2n) is 4.45. The molecule has 2 rings (SSSR count). The topological polar surface area (TPSA) is 33.0 Å². The fourth-order valence-electron chi connectivity index (χ4n) is 1.68. The highest BCUT2D eigenvalue weighted by molar-refractivity contribution is 6.30. The van der Waals surface area contributed by atoms with Crippen molar-refractivity contribution in [2.75, 3.05) is 6.61 Å². The van der Waals surface area contributed by atoms with Crippen molar-refractivity contribution < 1.29 is 4.74 Å². The lowest BCUT2D eigenvalue weighted by atomic mass is 10.1. The van der Waals surface area contributed by atoms with E-state index in [-0.39, 0.29) is 5.41 Å². The number of hydrogen-bond donors (Lipinski definition) is 0. The summed E-state index contributed by atoms with van der Waals surface area (Å²) in [5, 5.41) is 9.41. The number of nitrogens with zero attached hydrogens (tertiary/aromatic N) is 1. The molecule has 0 aromatic heterocycles. The van der Waals surface area contributed by atoms with Crippen LogP contribution < -0.4 is 0 Å². The fourth-order valence-corrected chi connectivity index (χ4v) is 1.81. The van der Waals surface area contributed by atoms with Gasteiger partial charge in [0.15, 0.2) is 0 Å². The van der Waals surface area contributed by atoms with Gasteiger partial charge in [0.2, 0.25) is 0 Å². The molecular weight excluding hydrogens is 222 g/mol. The summed E-state index contributed by atoms with van der Waals surface area (Å²) in [4.78, 5) is 0. The number of nitriles is 1. The van der Waals surface area contributed by atoms with Crippen LogP contribution in [0.15, 0.2) is 24.3 Å². The molecule has 0 unspecified atom stereocenters. The number of hydrogen-bond acceptors (Lipinski definition) is 2. The van der Waals surface area contributed by atoms with Gasteiger partial charge in [-0.3, -0.25) is 0 Å². The Labute approximate surface area is 101 Å². The minimum Gasteiger partial charge on any atom is -0.376 e. The van der Waals surface area contributed by atoms with E-state index in [9.17, 15) is 0 Å². The van der Waals surface area contributed by atoms with Crippen molar-refractivity contribution >= 4 is 11.6 Å². The van der Waals surface area contributed by atoms with E-state index in [1.54, 1.807) is 0 Å². The zero-order chi connectivity index (χ0) is 11.4. The van der Waals surface area contributed by atoms with Gasteiger partial charge in [-0.1, -0.05) is 23.7 Å². The van der Waals surface area contributed by atoms with E-state index in [1.807, 2.05) is 24.3 Å². The van der Waals surface area contributed by atoms with Crippen molar-refractivity contribution in [1.82, 2.24) is 0 Å². The Kier molecular flexibility index (Phi) is 3.48. The number of benzene rings is 1. The van der Waals surface area contributed by atoms with Gasteiger partial charge >= 0.3 is 0 Å². The van der Waals surface area contributed by atoms with Crippen molar-refractivity contribution in [1.29, 1.82) is 5.26 Å². The second kappa shape index (κ2) is 4.86. The van der Waals surface area contributed by atoms with Crippen LogP contribution in [0, 0.1) is 16.7 Å². The van der Waals surface area contributed by atoms with Crippen molar-refractivity contribution in [2.45, 2.75) is 25.9 Å². The Morgan fingerprint density at radius 2 is 2.00 bits per heavy atom. The lowest BCUT2D eigenvalue weighted by Crippen LogP contribution is -2.09. The summed E-state index contributed by atoms with van der Waals surface area (Å²) in [5.41, 5.74) is 1.29. The molecule has 1 aliphatic rings. The lowest BCUT2D eigenvalue weighted by Gasteiger charge is -2.11. The molecule has 0 radical (unpaired) electrons. The lowest BCUT2D eigenvalue weighted by molar-refractivity contribution is 0.0795. The summed E-state index contributed by atoms with van der Waals surface area (Å²) < 4.78 is 5.65. The molecule has 0 saturated heterocycles. The molecule has 1 aliphatic carbocycles. The molecule has 1 aromatic rings. The van der Waals surface area contributed by atoms with Crippen LogP contribution in [0.25, 0.3) is 0 Å². The van der Waals surface area contributed by atoms with Crippen LogP contribution in [-0.2, 0) is 11.3 Å². The highest BCUT2D eigenvalue weighted by atomic mass is 35.5. The van der Waals surface area contributed by atoms with Crippen LogP contribution >= 0.6 is 11.6 Å². The van der Waals surface area contributed by atoms with Crippen LogP contribution in [0.1, 0.15) is 24.8 Å². The summed E-state index contributed by atoms with van der Waals surface area (Å²) in [6.07, 6.45) is 2.87. The van der Waals surface area contributed by atoms with Gasteiger partial charge in [-0.15, -0.1) is 0 Å². The minimum absolute atomic E-state index is 0.168. The summed E-state index contributed by atoms with van der Waals surface area (Å²) in [6.45, 7) is 1.30. The third-order valence-corrected chi connectivity index (χ3v) is 3.25. The molecule has 1 saturated carbocycles. The predicted octanol–water partition coefficient (Wildman–Crippen LogP) is 3.55. The molecule has 0 N–H and O–H groups in total. The maximum atomic E-state index is 8.67. The molecule has 84 valence electrons. The average molecular weight is 236 g/mol. The van der Waals surface area contributed by atoms with Gasteiger partial charge in [0, 0.05) is 16.9 Å². The van der Waals surface area contributed by atoms with Gasteiger partial charge in [0.25, 0.3) is 0 Å². The van der Waals surface area contributed by atoms with E-state index in [2.05, 4.69) is 6.07 Å². The Morgan fingerprint density at radius 3 is 2.56 bits per heavy atom. The SMILES string of the molecule is N#CCC1(COCc2ccc(Cl)cc2)CC1. The molecule has 3 heteroatoms. The van der Waals surface area contributed by atoms with Gasteiger partial charge in [0.1, 0.15) is 0 Å². The van der Waals surface area contributed by atoms with Gasteiger partial charge in [-0.05, 0) is 30.5 Å². The van der Waals surface area contributed by atoms with E-state index in [0.29, 0.717) is 19.6 Å². The van der Waals surface area contributed by atoms with Crippen LogP contribution in [0.4, 0.5) is 0 Å². The zero-order valence-corrected chi connectivity index (χ0v) is 9.83. The molecule has 1 aromatic carbocycles. The molecule has 16 heavy (non-hydrogen) atoms. The monoisotopic (exact) mass is 235 g/mol. The first-order valence-electron chi connectivity index (χ1n) is 5.43. The molecule has 0 amide bonds. The van der Waals surface area contributed by atoms with Gasteiger partial charge in [0.05, 0.1) is 19.3 Å². The van der Waals surface area contributed by atoms with Crippen LogP contribution in [0.2, 0.25) is 5.02 Å². The maximum Gasteiger partial charge on any atom is 0.0717 e. The Bertz CT molecular complexity index is 389. The highest BCUT2D eigenvalue weighted by Crippen LogP contribution is 2.48. The van der Waals surface area contributed by atoms with E-state index in [4.69, 9.17) is 21.6 Å². The number of ether oxygens (including phenoxy) is 1. The highest BCUT2D eigenvalue weighted by Gasteiger charge is 2.42. The van der Waals surface area contributed by atoms with Crippen molar-refractivity contribution in [2.24, 2.45) is 5.41 Å². The van der Waals surface area contributed by atoms with E-state index in [1.165, 1.54) is 0 Å². The molecule has 0 spiro atoms. The Morgan fingerprint density at radius 1 is 1.31 bits per heavy atom. The van der Waals surface area contributed by atoms with Gasteiger partial charge in [-0.25, -0.2) is 0 Å². The first-order chi connectivity index (χ1) is 7.74. The summed E-state index contributed by atoms with van der Waals surface area (Å²) in [7, 11) is 0. The Balaban J connectivity index is 1.76. The quantitative estimate of drug-likeness (QED) is 0.782. The van der Waals surface area contributed by atoms with Crippen molar-refractivity contribution in [3.63, 3.8) is 0 Å². The smallest absolute Gasteiger partial charge is 0.0717 e. The van der Waals surface area contributed by atoms with Crippen molar-refractivity contribution in [3.05, 3.63) is 34.9 Å². The number of rotatable bonds is 5. The summed E-state index contributed by atoms with van der Waals surface area (Å²) >= 11 is 5.79. The van der Waals surface area contributed by atoms with Gasteiger partial charge < -0.3 is 4.74 Å². The maximum absolute atomic E-state index is 8.67. The molecule has 0 aliphatic heterocycles. The zero-order valence-electron chi connectivity index (χ0n) is 9.08. The molecule has 0 bridgehead atoms. The van der Waals surface area contributed by atoms with E-state index in [0.717, 1.165) is 23.4 Å². The van der Waals surface area contributed by atoms with E-state index >= 15 is 0 Å². The largest absolute Gasteiger partial charge is 0.376 e. The molecule has 2 nitrogen and oxygen atoms in total. The third-order valence-electron chi connectivity index (χ3n) is 3.00. The number of halogens is 1. The third kappa shape index (κ3) is 2.98. The average Bonchev–Trinajstić information content (AvgIpc) is 3.02. The summed E-state index contributed by atoms with van der Waals surface area (Å²) in [6, 6.07) is 9.89. The van der Waals surface area contributed by atoms with Crippen LogP contribution in [0.3, 0.4) is 0 Å².